The number of hydrogen-bond acceptors (Lipinski definition) is 7. The molecule has 0 saturated carbocycles. The molecule has 3 rings (SSSR count). The van der Waals surface area contributed by atoms with E-state index in [4.69, 9.17) is 4.74 Å². The molecule has 7 nitrogen and oxygen atoms in total. The van der Waals surface area contributed by atoms with Crippen LogP contribution in [0.25, 0.3) is 10.9 Å². The van der Waals surface area contributed by atoms with E-state index in [-0.39, 0.29) is 24.5 Å². The standard InChI is InChI=1S/C21H20N2O5S/c1-27-18(24)11-12-23-19(25)16-5-3-4-6-17(16)22-21(23)29-13-14-7-9-15(10-8-14)20(26)28-2/h3-10H,11-13H2,1-2H3. The largest absolute Gasteiger partial charge is 0.469 e. The lowest BCUT2D eigenvalue weighted by atomic mass is 10.1. The van der Waals surface area contributed by atoms with E-state index in [0.717, 1.165) is 5.56 Å². The van der Waals surface area contributed by atoms with E-state index in [0.29, 0.717) is 27.4 Å². The van der Waals surface area contributed by atoms with E-state index in [9.17, 15) is 14.4 Å². The van der Waals surface area contributed by atoms with Crippen LogP contribution in [0.2, 0.25) is 0 Å². The molecule has 0 spiro atoms. The van der Waals surface area contributed by atoms with Gasteiger partial charge in [-0.2, -0.15) is 0 Å². The van der Waals surface area contributed by atoms with Crippen LogP contribution in [0.15, 0.2) is 58.5 Å². The van der Waals surface area contributed by atoms with Crippen molar-refractivity contribution in [3.63, 3.8) is 0 Å². The maximum absolute atomic E-state index is 12.9. The molecule has 0 N–H and O–H groups in total. The molecule has 3 aromatic rings. The lowest BCUT2D eigenvalue weighted by Gasteiger charge is -2.13. The number of fused-ring (bicyclic) bond motifs is 1. The summed E-state index contributed by atoms with van der Waals surface area (Å²) < 4.78 is 10.9. The third-order valence-electron chi connectivity index (χ3n) is 4.34. The van der Waals surface area contributed by atoms with Gasteiger partial charge in [-0.05, 0) is 29.8 Å². The molecular weight excluding hydrogens is 392 g/mol. The minimum absolute atomic E-state index is 0.0812. The molecule has 29 heavy (non-hydrogen) atoms. The van der Waals surface area contributed by atoms with Gasteiger partial charge in [-0.15, -0.1) is 0 Å². The van der Waals surface area contributed by atoms with E-state index < -0.39 is 5.97 Å². The Morgan fingerprint density at radius 3 is 2.45 bits per heavy atom. The number of thioether (sulfide) groups is 1. The number of methoxy groups -OCH3 is 2. The van der Waals surface area contributed by atoms with Gasteiger partial charge in [0.2, 0.25) is 0 Å². The quantitative estimate of drug-likeness (QED) is 0.335. The average molecular weight is 412 g/mol. The lowest BCUT2D eigenvalue weighted by Crippen LogP contribution is -2.24. The van der Waals surface area contributed by atoms with Gasteiger partial charge in [0.1, 0.15) is 0 Å². The van der Waals surface area contributed by atoms with Crippen LogP contribution in [-0.4, -0.2) is 35.7 Å². The Kier molecular flexibility index (Phi) is 6.66. The molecule has 1 heterocycles. The molecule has 0 fully saturated rings. The fourth-order valence-corrected chi connectivity index (χ4v) is 3.74. The number of esters is 2. The number of benzene rings is 2. The van der Waals surface area contributed by atoms with Crippen molar-refractivity contribution in [1.29, 1.82) is 0 Å². The summed E-state index contributed by atoms with van der Waals surface area (Å²) in [4.78, 5) is 40.6. The number of aromatic nitrogens is 2. The van der Waals surface area contributed by atoms with Crippen LogP contribution in [-0.2, 0) is 26.6 Å². The molecule has 0 saturated heterocycles. The number of hydrogen-bond donors (Lipinski definition) is 0. The lowest BCUT2D eigenvalue weighted by molar-refractivity contribution is -0.140. The minimum Gasteiger partial charge on any atom is -0.469 e. The third-order valence-corrected chi connectivity index (χ3v) is 5.38. The highest BCUT2D eigenvalue weighted by atomic mass is 32.2. The van der Waals surface area contributed by atoms with E-state index in [1.165, 1.54) is 30.5 Å². The summed E-state index contributed by atoms with van der Waals surface area (Å²) in [5.41, 5.74) is 1.85. The SMILES string of the molecule is COC(=O)CCn1c(SCc2ccc(C(=O)OC)cc2)nc2ccccc2c1=O. The molecule has 150 valence electrons. The number of carbonyl (C=O) groups excluding carboxylic acids is 2. The highest BCUT2D eigenvalue weighted by Crippen LogP contribution is 2.23. The van der Waals surface area contributed by atoms with Crippen molar-refractivity contribution in [1.82, 2.24) is 9.55 Å². The first-order chi connectivity index (χ1) is 14.0. The zero-order chi connectivity index (χ0) is 20.8. The van der Waals surface area contributed by atoms with Gasteiger partial charge >= 0.3 is 11.9 Å². The molecule has 0 aliphatic heterocycles. The average Bonchev–Trinajstić information content (AvgIpc) is 2.76. The first kappa shape index (κ1) is 20.6. The van der Waals surface area contributed by atoms with Gasteiger partial charge in [0, 0.05) is 12.3 Å². The third kappa shape index (κ3) is 4.83. The second-order valence-corrected chi connectivity index (χ2v) is 7.11. The maximum atomic E-state index is 12.9. The van der Waals surface area contributed by atoms with Gasteiger partial charge in [0.05, 0.1) is 37.1 Å². The second kappa shape index (κ2) is 9.38. The summed E-state index contributed by atoms with van der Waals surface area (Å²) >= 11 is 1.39. The van der Waals surface area contributed by atoms with E-state index in [1.807, 2.05) is 18.2 Å². The summed E-state index contributed by atoms with van der Waals surface area (Å²) in [7, 11) is 2.66. The summed E-state index contributed by atoms with van der Waals surface area (Å²) in [6, 6.07) is 14.2. The molecule has 0 unspecified atom stereocenters. The fraction of sp³-hybridized carbons (Fsp3) is 0.238. The first-order valence-electron chi connectivity index (χ1n) is 8.90. The van der Waals surface area contributed by atoms with Crippen molar-refractivity contribution >= 4 is 34.6 Å². The van der Waals surface area contributed by atoms with Gasteiger partial charge in [-0.25, -0.2) is 9.78 Å². The second-order valence-electron chi connectivity index (χ2n) is 6.17. The van der Waals surface area contributed by atoms with Crippen LogP contribution in [0.1, 0.15) is 22.3 Å². The Labute approximate surface area is 171 Å². The van der Waals surface area contributed by atoms with Gasteiger partial charge in [-0.1, -0.05) is 36.0 Å². The number of ether oxygens (including phenoxy) is 2. The van der Waals surface area contributed by atoms with Gasteiger partial charge < -0.3 is 9.47 Å². The van der Waals surface area contributed by atoms with E-state index in [1.54, 1.807) is 30.3 Å². The number of carbonyl (C=O) groups is 2. The molecular formula is C21H20N2O5S. The monoisotopic (exact) mass is 412 g/mol. The molecule has 0 aliphatic rings. The molecule has 0 bridgehead atoms. The smallest absolute Gasteiger partial charge is 0.337 e. The van der Waals surface area contributed by atoms with Crippen LogP contribution >= 0.6 is 11.8 Å². The Morgan fingerprint density at radius 1 is 1.03 bits per heavy atom. The number of para-hydroxylation sites is 1. The zero-order valence-electron chi connectivity index (χ0n) is 16.1. The Hall–Kier alpha value is -3.13. The van der Waals surface area contributed by atoms with Gasteiger partial charge in [0.25, 0.3) is 5.56 Å². The van der Waals surface area contributed by atoms with E-state index >= 15 is 0 Å². The summed E-state index contributed by atoms with van der Waals surface area (Å²) in [5, 5.41) is 1.03. The van der Waals surface area contributed by atoms with Crippen LogP contribution in [0, 0.1) is 0 Å². The Bertz CT molecular complexity index is 1090. The predicted molar refractivity (Wildman–Crippen MR) is 110 cm³/mol. The minimum atomic E-state index is -0.392. The van der Waals surface area contributed by atoms with Crippen LogP contribution in [0.5, 0.6) is 0 Å². The van der Waals surface area contributed by atoms with Gasteiger partial charge in [-0.3, -0.25) is 14.2 Å². The van der Waals surface area contributed by atoms with Crippen molar-refractivity contribution < 1.29 is 19.1 Å². The summed E-state index contributed by atoms with van der Waals surface area (Å²) in [6.45, 7) is 0.187. The van der Waals surface area contributed by atoms with Gasteiger partial charge in [0.15, 0.2) is 5.16 Å². The highest BCUT2D eigenvalue weighted by molar-refractivity contribution is 7.98. The normalized spacial score (nSPS) is 10.7. The summed E-state index contributed by atoms with van der Waals surface area (Å²) in [6.07, 6.45) is 0.0812. The van der Waals surface area contributed by atoms with Crippen molar-refractivity contribution in [2.75, 3.05) is 14.2 Å². The molecule has 8 heteroatoms. The number of nitrogens with zero attached hydrogens (tertiary/aromatic N) is 2. The molecule has 0 amide bonds. The first-order valence-corrected chi connectivity index (χ1v) is 9.88. The topological polar surface area (TPSA) is 87.5 Å². The fourth-order valence-electron chi connectivity index (χ4n) is 2.76. The highest BCUT2D eigenvalue weighted by Gasteiger charge is 2.13. The van der Waals surface area contributed by atoms with Crippen molar-refractivity contribution in [2.24, 2.45) is 0 Å². The van der Waals surface area contributed by atoms with Crippen LogP contribution in [0.4, 0.5) is 0 Å². The van der Waals surface area contributed by atoms with Crippen molar-refractivity contribution in [3.05, 3.63) is 70.0 Å². The molecule has 0 radical (unpaired) electrons. The predicted octanol–water partition coefficient (Wildman–Crippen LogP) is 3.04. The Morgan fingerprint density at radius 2 is 1.76 bits per heavy atom. The van der Waals surface area contributed by atoms with Crippen LogP contribution in [0.3, 0.4) is 0 Å². The zero-order valence-corrected chi connectivity index (χ0v) is 16.9. The van der Waals surface area contributed by atoms with Crippen LogP contribution < -0.4 is 5.56 Å². The molecule has 2 aromatic carbocycles. The maximum Gasteiger partial charge on any atom is 0.337 e. The summed E-state index contributed by atoms with van der Waals surface area (Å²) in [5.74, 6) is -0.235. The molecule has 0 aliphatic carbocycles. The van der Waals surface area contributed by atoms with Crippen molar-refractivity contribution in [3.8, 4) is 0 Å². The molecule has 1 aromatic heterocycles. The van der Waals surface area contributed by atoms with E-state index in [2.05, 4.69) is 9.72 Å². The van der Waals surface area contributed by atoms with Crippen molar-refractivity contribution in [2.45, 2.75) is 23.9 Å². The molecule has 0 atom stereocenters. The Balaban J connectivity index is 1.87. The number of rotatable bonds is 7.